The van der Waals surface area contributed by atoms with Crippen molar-refractivity contribution in [1.82, 2.24) is 0 Å². The number of epoxide rings is 1. The van der Waals surface area contributed by atoms with Crippen molar-refractivity contribution in [3.05, 3.63) is 0 Å². The third-order valence-corrected chi connectivity index (χ3v) is 13.5. The minimum atomic E-state index is -0.824. The lowest BCUT2D eigenvalue weighted by Gasteiger charge is -2.50. The van der Waals surface area contributed by atoms with Gasteiger partial charge in [-0.3, -0.25) is 9.59 Å². The van der Waals surface area contributed by atoms with Gasteiger partial charge in [0.15, 0.2) is 0 Å². The molecule has 0 amide bonds. The molecule has 2 saturated carbocycles. The van der Waals surface area contributed by atoms with Crippen LogP contribution in [0, 0.1) is 40.4 Å². The molecule has 0 aromatic carbocycles. The molecule has 7 nitrogen and oxygen atoms in total. The second-order valence-electron chi connectivity index (χ2n) is 19.2. The molecule has 0 radical (unpaired) electrons. The highest BCUT2D eigenvalue weighted by molar-refractivity contribution is 5.82. The summed E-state index contributed by atoms with van der Waals surface area (Å²) in [4.78, 5) is 24.8. The quantitative estimate of drug-likeness (QED) is 0.0625. The Morgan fingerprint density at radius 3 is 1.96 bits per heavy atom. The highest BCUT2D eigenvalue weighted by Gasteiger charge is 2.76. The smallest absolute Gasteiger partial charge is 0.302 e. The number of Topliss-reactive ketones (excluding diaryl/α,β-unsaturated/α-hetero) is 1. The van der Waals surface area contributed by atoms with E-state index < -0.39 is 16.8 Å². The van der Waals surface area contributed by atoms with Crippen molar-refractivity contribution in [2.45, 2.75) is 207 Å². The monoisotopic (exact) mass is 693 g/mol. The van der Waals surface area contributed by atoms with Gasteiger partial charge in [-0.2, -0.15) is 0 Å². The molecule has 3 rings (SSSR count). The summed E-state index contributed by atoms with van der Waals surface area (Å²) in [7, 11) is 0. The van der Waals surface area contributed by atoms with Crippen LogP contribution in [0.5, 0.6) is 0 Å². The van der Waals surface area contributed by atoms with E-state index in [1.165, 1.54) is 39.0 Å². The van der Waals surface area contributed by atoms with E-state index in [-0.39, 0.29) is 53.2 Å². The van der Waals surface area contributed by atoms with E-state index in [0.29, 0.717) is 43.4 Å². The van der Waals surface area contributed by atoms with Crippen LogP contribution >= 0.6 is 0 Å². The van der Waals surface area contributed by atoms with E-state index in [4.69, 9.17) is 9.47 Å². The normalized spacial score (nSPS) is 34.3. The molecule has 3 fully saturated rings. The zero-order valence-electron chi connectivity index (χ0n) is 33.2. The van der Waals surface area contributed by atoms with E-state index >= 15 is 0 Å². The SMILES string of the molecule is CC(=O)O[C@H]1CC(C)(C)[C@@H](CCC(C)CCCC(C)CCCCC(CO)CCCC(C)C(=O)C[C@@]23O[C@]2(C)C[C@@H](O)CC3(C)C)[C@](C)(O)C1. The lowest BCUT2D eigenvalue weighted by molar-refractivity contribution is -0.169. The third-order valence-electron chi connectivity index (χ3n) is 13.5. The van der Waals surface area contributed by atoms with Gasteiger partial charge in [0.25, 0.3) is 0 Å². The van der Waals surface area contributed by atoms with Crippen LogP contribution in [-0.2, 0) is 19.1 Å². The van der Waals surface area contributed by atoms with Crippen molar-refractivity contribution in [1.29, 1.82) is 0 Å². The average molecular weight is 693 g/mol. The van der Waals surface area contributed by atoms with Gasteiger partial charge >= 0.3 is 5.97 Å². The van der Waals surface area contributed by atoms with E-state index in [0.717, 1.165) is 51.4 Å². The first-order valence-electron chi connectivity index (χ1n) is 20.1. The van der Waals surface area contributed by atoms with Crippen LogP contribution in [0.1, 0.15) is 178 Å². The molecule has 49 heavy (non-hydrogen) atoms. The minimum Gasteiger partial charge on any atom is -0.462 e. The fraction of sp³-hybridized carbons (Fsp3) is 0.952. The summed E-state index contributed by atoms with van der Waals surface area (Å²) in [6.45, 7) is 21.1. The number of rotatable bonds is 21. The maximum Gasteiger partial charge on any atom is 0.302 e. The molecule has 7 heteroatoms. The lowest BCUT2D eigenvalue weighted by Crippen LogP contribution is -2.52. The summed E-state index contributed by atoms with van der Waals surface area (Å²) in [5.41, 5.74) is -1.95. The zero-order chi connectivity index (χ0) is 36.8. The Morgan fingerprint density at radius 2 is 1.37 bits per heavy atom. The molecule has 2 aliphatic carbocycles. The van der Waals surface area contributed by atoms with Gasteiger partial charge in [-0.25, -0.2) is 0 Å². The molecule has 4 unspecified atom stereocenters. The second kappa shape index (κ2) is 17.2. The number of carbonyl (C=O) groups is 2. The first kappa shape index (κ1) is 42.4. The second-order valence-corrected chi connectivity index (χ2v) is 19.2. The molecule has 0 bridgehead atoms. The van der Waals surface area contributed by atoms with Gasteiger partial charge in [0.05, 0.1) is 17.3 Å². The third kappa shape index (κ3) is 11.2. The fourth-order valence-electron chi connectivity index (χ4n) is 10.5. The van der Waals surface area contributed by atoms with Crippen molar-refractivity contribution in [3.63, 3.8) is 0 Å². The van der Waals surface area contributed by atoms with Crippen molar-refractivity contribution in [3.8, 4) is 0 Å². The molecule has 286 valence electrons. The summed E-state index contributed by atoms with van der Waals surface area (Å²) in [5, 5.41) is 31.7. The Kier molecular flexibility index (Phi) is 14.9. The number of carbonyl (C=O) groups excluding carboxylic acids is 2. The molecule has 1 aliphatic heterocycles. The van der Waals surface area contributed by atoms with Crippen molar-refractivity contribution >= 4 is 11.8 Å². The van der Waals surface area contributed by atoms with Crippen LogP contribution in [-0.4, -0.2) is 62.7 Å². The number of aliphatic hydroxyl groups is 3. The van der Waals surface area contributed by atoms with E-state index in [9.17, 15) is 24.9 Å². The molecular formula is C42H76O7. The minimum absolute atomic E-state index is 0.0103. The van der Waals surface area contributed by atoms with Gasteiger partial charge in [-0.05, 0) is 86.9 Å². The number of aliphatic hydroxyl groups excluding tert-OH is 2. The van der Waals surface area contributed by atoms with E-state index in [2.05, 4.69) is 48.5 Å². The van der Waals surface area contributed by atoms with Gasteiger partial charge in [0.1, 0.15) is 17.5 Å². The average Bonchev–Trinajstić information content (AvgIpc) is 3.56. The van der Waals surface area contributed by atoms with Gasteiger partial charge < -0.3 is 24.8 Å². The highest BCUT2D eigenvalue weighted by Crippen LogP contribution is 2.67. The Morgan fingerprint density at radius 1 is 0.796 bits per heavy atom. The standard InChI is InChI=1S/C42H76O7/c1-29(16-13-17-30(2)21-22-37-38(5,6)25-35(48-32(4)44)26-40(37,9)47)15-11-12-19-33(28-43)20-14-18-31(3)36(46)27-42-39(7,8)23-34(45)24-41(42,10)49-42/h29-31,33-35,37,43,45,47H,11-28H2,1-10H3/t29?,30?,31?,33?,34-,35-,37+,40+,41+,42-/m0/s1. The largest absolute Gasteiger partial charge is 0.462 e. The fourth-order valence-corrected chi connectivity index (χ4v) is 10.5. The number of esters is 1. The van der Waals surface area contributed by atoms with E-state index in [1.54, 1.807) is 0 Å². The predicted molar refractivity (Wildman–Crippen MR) is 197 cm³/mol. The van der Waals surface area contributed by atoms with Crippen LogP contribution in [0.3, 0.4) is 0 Å². The maximum atomic E-state index is 13.3. The maximum absolute atomic E-state index is 13.3. The molecule has 0 aromatic rings. The molecular weight excluding hydrogens is 616 g/mol. The van der Waals surface area contributed by atoms with Crippen molar-refractivity contribution in [2.24, 2.45) is 40.4 Å². The molecule has 0 spiro atoms. The Balaban J connectivity index is 1.26. The number of ketones is 1. The van der Waals surface area contributed by atoms with Crippen LogP contribution < -0.4 is 0 Å². The number of ether oxygens (including phenoxy) is 2. The zero-order valence-corrected chi connectivity index (χ0v) is 33.2. The van der Waals surface area contributed by atoms with Crippen LogP contribution in [0.25, 0.3) is 0 Å². The Labute approximate surface area is 300 Å². The summed E-state index contributed by atoms with van der Waals surface area (Å²) < 4.78 is 11.7. The van der Waals surface area contributed by atoms with Crippen LogP contribution in [0.4, 0.5) is 0 Å². The lowest BCUT2D eigenvalue weighted by atomic mass is 9.59. The number of hydrogen-bond donors (Lipinski definition) is 3. The summed E-state index contributed by atoms with van der Waals surface area (Å²) in [5.74, 6) is 1.84. The first-order chi connectivity index (χ1) is 22.7. The number of fused-ring (bicyclic) bond motifs is 1. The summed E-state index contributed by atoms with van der Waals surface area (Å²) in [6, 6.07) is 0. The molecule has 1 heterocycles. The van der Waals surface area contributed by atoms with Gasteiger partial charge in [0, 0.05) is 38.7 Å². The summed E-state index contributed by atoms with van der Waals surface area (Å²) >= 11 is 0. The Bertz CT molecular complexity index is 1050. The van der Waals surface area contributed by atoms with Gasteiger partial charge in [0.2, 0.25) is 0 Å². The van der Waals surface area contributed by atoms with Crippen molar-refractivity contribution < 1.29 is 34.4 Å². The van der Waals surface area contributed by atoms with Crippen LogP contribution in [0.15, 0.2) is 0 Å². The molecule has 0 aromatic heterocycles. The van der Waals surface area contributed by atoms with Crippen LogP contribution in [0.2, 0.25) is 0 Å². The molecule has 1 saturated heterocycles. The topological polar surface area (TPSA) is 117 Å². The van der Waals surface area contributed by atoms with Crippen molar-refractivity contribution in [2.75, 3.05) is 6.61 Å². The molecule has 3 aliphatic rings. The molecule has 3 N–H and O–H groups in total. The predicted octanol–water partition coefficient (Wildman–Crippen LogP) is 8.97. The number of hydrogen-bond acceptors (Lipinski definition) is 7. The van der Waals surface area contributed by atoms with Gasteiger partial charge in [-0.15, -0.1) is 0 Å². The molecule has 10 atom stereocenters. The highest BCUT2D eigenvalue weighted by atomic mass is 16.6. The Hall–Kier alpha value is -1.02. The van der Waals surface area contributed by atoms with Gasteiger partial charge in [-0.1, -0.05) is 99.8 Å². The first-order valence-corrected chi connectivity index (χ1v) is 20.1. The summed E-state index contributed by atoms with van der Waals surface area (Å²) in [6.07, 6.45) is 15.7. The van der Waals surface area contributed by atoms with E-state index in [1.807, 2.05) is 13.8 Å². The number of unbranched alkanes of at least 4 members (excludes halogenated alkanes) is 1.